The van der Waals surface area contributed by atoms with Crippen molar-refractivity contribution in [2.45, 2.75) is 44.2 Å². The van der Waals surface area contributed by atoms with Crippen molar-refractivity contribution in [1.82, 2.24) is 4.90 Å². The molecule has 0 aromatic heterocycles. The number of hydrogen-bond donors (Lipinski definition) is 1. The number of carboxylic acids is 1. The Bertz CT molecular complexity index is 557. The van der Waals surface area contributed by atoms with Gasteiger partial charge in [-0.05, 0) is 49.4 Å². The first-order valence-electron chi connectivity index (χ1n) is 7.39. The van der Waals surface area contributed by atoms with Crippen LogP contribution in [0.1, 0.15) is 42.5 Å². The second-order valence-corrected chi connectivity index (χ2v) is 6.36. The lowest BCUT2D eigenvalue weighted by atomic mass is 9.84. The van der Waals surface area contributed by atoms with Crippen molar-refractivity contribution in [2.24, 2.45) is 5.92 Å². The molecule has 0 bridgehead atoms. The predicted octanol–water partition coefficient (Wildman–Crippen LogP) is 3.20. The summed E-state index contributed by atoms with van der Waals surface area (Å²) in [5.74, 6) is -0.753. The van der Waals surface area contributed by atoms with Crippen LogP contribution in [0, 0.1) is 5.92 Å². The summed E-state index contributed by atoms with van der Waals surface area (Å²) in [6.45, 7) is 0. The SMILES string of the molecule is O=C(O)[C@H]1C[C@H]2CCCC[C@H]2N1C(=O)c1ccc(Cl)cc1. The Hall–Kier alpha value is -1.55. The highest BCUT2D eigenvalue weighted by Gasteiger charge is 2.47. The number of likely N-dealkylation sites (tertiary alicyclic amines) is 1. The van der Waals surface area contributed by atoms with E-state index in [0.717, 1.165) is 25.7 Å². The van der Waals surface area contributed by atoms with E-state index < -0.39 is 12.0 Å². The number of halogens is 1. The number of benzene rings is 1. The van der Waals surface area contributed by atoms with Gasteiger partial charge in [-0.2, -0.15) is 0 Å². The van der Waals surface area contributed by atoms with Gasteiger partial charge >= 0.3 is 5.97 Å². The first kappa shape index (κ1) is 14.4. The zero-order valence-corrected chi connectivity index (χ0v) is 12.4. The number of carbonyl (C=O) groups excluding carboxylic acids is 1. The number of carbonyl (C=O) groups is 2. The van der Waals surface area contributed by atoms with E-state index in [0.29, 0.717) is 22.9 Å². The lowest BCUT2D eigenvalue weighted by Gasteiger charge is -2.33. The van der Waals surface area contributed by atoms with Crippen LogP contribution in [0.5, 0.6) is 0 Å². The van der Waals surface area contributed by atoms with Crippen LogP contribution in [0.4, 0.5) is 0 Å². The molecule has 21 heavy (non-hydrogen) atoms. The van der Waals surface area contributed by atoms with E-state index in [9.17, 15) is 14.7 Å². The van der Waals surface area contributed by atoms with Crippen molar-refractivity contribution in [3.8, 4) is 0 Å². The molecule has 1 saturated carbocycles. The zero-order chi connectivity index (χ0) is 15.0. The van der Waals surface area contributed by atoms with Gasteiger partial charge in [-0.15, -0.1) is 0 Å². The fourth-order valence-corrected chi connectivity index (χ4v) is 3.84. The summed E-state index contributed by atoms with van der Waals surface area (Å²) < 4.78 is 0. The van der Waals surface area contributed by atoms with Gasteiger partial charge in [0, 0.05) is 16.6 Å². The maximum absolute atomic E-state index is 12.7. The van der Waals surface area contributed by atoms with E-state index in [-0.39, 0.29) is 11.9 Å². The maximum atomic E-state index is 12.7. The molecular weight excluding hydrogens is 290 g/mol. The minimum Gasteiger partial charge on any atom is -0.480 e. The second kappa shape index (κ2) is 5.68. The van der Waals surface area contributed by atoms with Crippen LogP contribution in [-0.4, -0.2) is 34.0 Å². The van der Waals surface area contributed by atoms with Crippen LogP contribution in [-0.2, 0) is 4.79 Å². The van der Waals surface area contributed by atoms with Crippen molar-refractivity contribution < 1.29 is 14.7 Å². The van der Waals surface area contributed by atoms with Gasteiger partial charge in [0.05, 0.1) is 0 Å². The third-order valence-electron chi connectivity index (χ3n) is 4.70. The molecule has 0 unspecified atom stereocenters. The largest absolute Gasteiger partial charge is 0.480 e. The van der Waals surface area contributed by atoms with Gasteiger partial charge in [-0.25, -0.2) is 4.79 Å². The van der Waals surface area contributed by atoms with Gasteiger partial charge in [-0.1, -0.05) is 24.4 Å². The summed E-state index contributed by atoms with van der Waals surface area (Å²) >= 11 is 5.85. The van der Waals surface area contributed by atoms with Crippen LogP contribution in [0.2, 0.25) is 5.02 Å². The van der Waals surface area contributed by atoms with Crippen molar-refractivity contribution in [1.29, 1.82) is 0 Å². The fraction of sp³-hybridized carbons (Fsp3) is 0.500. The Labute approximate surface area is 128 Å². The molecule has 5 heteroatoms. The van der Waals surface area contributed by atoms with Crippen molar-refractivity contribution in [3.05, 3.63) is 34.9 Å². The molecule has 1 saturated heterocycles. The Balaban J connectivity index is 1.90. The van der Waals surface area contributed by atoms with E-state index in [1.807, 2.05) is 0 Å². The Morgan fingerprint density at radius 3 is 2.48 bits per heavy atom. The van der Waals surface area contributed by atoms with Crippen LogP contribution in [0.3, 0.4) is 0 Å². The predicted molar refractivity (Wildman–Crippen MR) is 79.4 cm³/mol. The average molecular weight is 308 g/mol. The molecule has 3 rings (SSSR count). The molecule has 0 spiro atoms. The Morgan fingerprint density at radius 2 is 1.81 bits per heavy atom. The third-order valence-corrected chi connectivity index (χ3v) is 4.95. The topological polar surface area (TPSA) is 57.6 Å². The number of fused-ring (bicyclic) bond motifs is 1. The number of carboxylic acid groups (broad SMARTS) is 1. The molecule has 1 aliphatic heterocycles. The van der Waals surface area contributed by atoms with E-state index in [1.165, 1.54) is 0 Å². The van der Waals surface area contributed by atoms with Crippen LogP contribution in [0.25, 0.3) is 0 Å². The summed E-state index contributed by atoms with van der Waals surface area (Å²) in [6.07, 6.45) is 4.72. The molecule has 4 nitrogen and oxygen atoms in total. The lowest BCUT2D eigenvalue weighted by Crippen LogP contribution is -2.46. The number of nitrogens with zero attached hydrogens (tertiary/aromatic N) is 1. The molecule has 112 valence electrons. The van der Waals surface area contributed by atoms with Crippen LogP contribution >= 0.6 is 11.6 Å². The van der Waals surface area contributed by atoms with E-state index in [2.05, 4.69) is 0 Å². The smallest absolute Gasteiger partial charge is 0.326 e. The first-order valence-corrected chi connectivity index (χ1v) is 7.77. The van der Waals surface area contributed by atoms with E-state index in [1.54, 1.807) is 29.2 Å². The Kier molecular flexibility index (Phi) is 3.89. The van der Waals surface area contributed by atoms with E-state index in [4.69, 9.17) is 11.6 Å². The minimum atomic E-state index is -0.897. The molecular formula is C16H18ClNO3. The van der Waals surface area contributed by atoms with Crippen molar-refractivity contribution >= 4 is 23.5 Å². The number of rotatable bonds is 2. The maximum Gasteiger partial charge on any atom is 0.326 e. The third kappa shape index (κ3) is 2.64. The summed E-state index contributed by atoms with van der Waals surface area (Å²) in [4.78, 5) is 25.9. The molecule has 1 aromatic rings. The lowest BCUT2D eigenvalue weighted by molar-refractivity contribution is -0.141. The summed E-state index contributed by atoms with van der Waals surface area (Å²) in [7, 11) is 0. The number of aliphatic carboxylic acids is 1. The van der Waals surface area contributed by atoms with Gasteiger partial charge in [0.2, 0.25) is 0 Å². The summed E-state index contributed by atoms with van der Waals surface area (Å²) in [5, 5.41) is 10.0. The quantitative estimate of drug-likeness (QED) is 0.913. The van der Waals surface area contributed by atoms with Gasteiger partial charge in [-0.3, -0.25) is 4.79 Å². The van der Waals surface area contributed by atoms with Gasteiger partial charge in [0.15, 0.2) is 0 Å². The molecule has 2 fully saturated rings. The van der Waals surface area contributed by atoms with Gasteiger partial charge < -0.3 is 10.0 Å². The van der Waals surface area contributed by atoms with Crippen molar-refractivity contribution in [3.63, 3.8) is 0 Å². The molecule has 2 aliphatic rings. The van der Waals surface area contributed by atoms with Gasteiger partial charge in [0.25, 0.3) is 5.91 Å². The fourth-order valence-electron chi connectivity index (χ4n) is 3.71. The van der Waals surface area contributed by atoms with Crippen molar-refractivity contribution in [2.75, 3.05) is 0 Å². The van der Waals surface area contributed by atoms with Gasteiger partial charge in [0.1, 0.15) is 6.04 Å². The average Bonchev–Trinajstić information content (AvgIpc) is 2.87. The molecule has 1 aromatic carbocycles. The molecule has 1 N–H and O–H groups in total. The second-order valence-electron chi connectivity index (χ2n) is 5.92. The summed E-state index contributed by atoms with van der Waals surface area (Å²) in [5.41, 5.74) is 0.511. The highest BCUT2D eigenvalue weighted by Crippen LogP contribution is 2.40. The molecule has 3 atom stereocenters. The molecule has 1 aliphatic carbocycles. The highest BCUT2D eigenvalue weighted by molar-refractivity contribution is 6.30. The van der Waals surface area contributed by atoms with E-state index >= 15 is 0 Å². The first-order chi connectivity index (χ1) is 10.1. The summed E-state index contributed by atoms with van der Waals surface area (Å²) in [6, 6.07) is 6.04. The number of amides is 1. The Morgan fingerprint density at radius 1 is 1.14 bits per heavy atom. The standard InChI is InChI=1S/C16H18ClNO3/c17-12-7-5-10(6-8-12)15(19)18-13-4-2-1-3-11(13)9-14(18)16(20)21/h5-8,11,13-14H,1-4,9H2,(H,20,21)/t11-,13-,14-/m1/s1. The minimum absolute atomic E-state index is 0.0722. The number of hydrogen-bond acceptors (Lipinski definition) is 2. The molecule has 0 radical (unpaired) electrons. The monoisotopic (exact) mass is 307 g/mol. The zero-order valence-electron chi connectivity index (χ0n) is 11.7. The normalized spacial score (nSPS) is 28.2. The van der Waals surface area contributed by atoms with Crippen LogP contribution in [0.15, 0.2) is 24.3 Å². The molecule has 1 amide bonds. The molecule has 1 heterocycles. The highest BCUT2D eigenvalue weighted by atomic mass is 35.5. The van der Waals surface area contributed by atoms with Crippen LogP contribution < -0.4 is 0 Å².